The number of hydrogen-bond acceptors (Lipinski definition) is 5. The largest absolute Gasteiger partial charge is 0.494 e. The molecule has 1 saturated heterocycles. The minimum absolute atomic E-state index is 0.114. The number of benzene rings is 2. The molecule has 28 heavy (non-hydrogen) atoms. The summed E-state index contributed by atoms with van der Waals surface area (Å²) in [6.45, 7) is 2.53. The van der Waals surface area contributed by atoms with Crippen LogP contribution in [-0.2, 0) is 9.59 Å². The van der Waals surface area contributed by atoms with E-state index in [4.69, 9.17) is 9.47 Å². The number of hydrogen-bond donors (Lipinski definition) is 3. The van der Waals surface area contributed by atoms with Gasteiger partial charge in [0.05, 0.1) is 6.61 Å². The van der Waals surface area contributed by atoms with E-state index in [0.717, 1.165) is 5.75 Å². The SMILES string of the molecule is CCOc1ccc(Oc2ccc(NC(=O)CCC3NC(=O)NC3=O)cc2)cc1. The predicted molar refractivity (Wildman–Crippen MR) is 102 cm³/mol. The number of ether oxygens (including phenoxy) is 2. The molecule has 4 amide bonds. The van der Waals surface area contributed by atoms with Gasteiger partial charge in [-0.1, -0.05) is 0 Å². The van der Waals surface area contributed by atoms with Crippen LogP contribution in [0.25, 0.3) is 0 Å². The average molecular weight is 383 g/mol. The maximum Gasteiger partial charge on any atom is 0.322 e. The molecular formula is C20H21N3O5. The zero-order valence-electron chi connectivity index (χ0n) is 15.4. The second-order valence-electron chi connectivity index (χ2n) is 6.13. The first-order valence-corrected chi connectivity index (χ1v) is 8.95. The van der Waals surface area contributed by atoms with E-state index >= 15 is 0 Å². The van der Waals surface area contributed by atoms with Crippen molar-refractivity contribution in [2.45, 2.75) is 25.8 Å². The van der Waals surface area contributed by atoms with Gasteiger partial charge in [0.25, 0.3) is 5.91 Å². The Morgan fingerprint density at radius 2 is 1.61 bits per heavy atom. The van der Waals surface area contributed by atoms with Crippen LogP contribution in [0.4, 0.5) is 10.5 Å². The highest BCUT2D eigenvalue weighted by Gasteiger charge is 2.29. The van der Waals surface area contributed by atoms with Gasteiger partial charge in [0, 0.05) is 12.1 Å². The van der Waals surface area contributed by atoms with Gasteiger partial charge < -0.3 is 20.1 Å². The van der Waals surface area contributed by atoms with E-state index in [2.05, 4.69) is 16.0 Å². The van der Waals surface area contributed by atoms with Crippen LogP contribution in [0.1, 0.15) is 19.8 Å². The Labute approximate surface area is 162 Å². The van der Waals surface area contributed by atoms with Crippen molar-refractivity contribution in [2.24, 2.45) is 0 Å². The van der Waals surface area contributed by atoms with E-state index in [1.54, 1.807) is 24.3 Å². The molecule has 3 rings (SSSR count). The van der Waals surface area contributed by atoms with Crippen LogP contribution < -0.4 is 25.4 Å². The van der Waals surface area contributed by atoms with Crippen LogP contribution in [-0.4, -0.2) is 30.5 Å². The molecule has 3 N–H and O–H groups in total. The molecule has 0 aromatic heterocycles. The summed E-state index contributed by atoms with van der Waals surface area (Å²) in [4.78, 5) is 34.5. The maximum absolute atomic E-state index is 12.0. The summed E-state index contributed by atoms with van der Waals surface area (Å²) in [7, 11) is 0. The first-order chi connectivity index (χ1) is 13.5. The van der Waals surface area contributed by atoms with Crippen molar-refractivity contribution in [1.29, 1.82) is 0 Å². The zero-order valence-corrected chi connectivity index (χ0v) is 15.4. The standard InChI is InChI=1S/C20H21N3O5/c1-2-27-14-7-9-16(10-8-14)28-15-5-3-13(4-6-15)21-18(24)12-11-17-19(25)23-20(26)22-17/h3-10,17H,2,11-12H2,1H3,(H,21,24)(H2,22,23,25,26). The first-order valence-electron chi connectivity index (χ1n) is 8.95. The van der Waals surface area contributed by atoms with Gasteiger partial charge in [-0.3, -0.25) is 14.9 Å². The van der Waals surface area contributed by atoms with E-state index in [0.29, 0.717) is 23.8 Å². The van der Waals surface area contributed by atoms with E-state index in [1.807, 2.05) is 31.2 Å². The third kappa shape index (κ3) is 5.23. The van der Waals surface area contributed by atoms with Crippen LogP contribution >= 0.6 is 0 Å². The van der Waals surface area contributed by atoms with Gasteiger partial charge in [-0.15, -0.1) is 0 Å². The molecule has 8 heteroatoms. The fraction of sp³-hybridized carbons (Fsp3) is 0.250. The fourth-order valence-electron chi connectivity index (χ4n) is 2.67. The second-order valence-corrected chi connectivity index (χ2v) is 6.13. The molecular weight excluding hydrogens is 362 g/mol. The monoisotopic (exact) mass is 383 g/mol. The van der Waals surface area contributed by atoms with E-state index < -0.39 is 18.0 Å². The Hall–Kier alpha value is -3.55. The number of nitrogens with one attached hydrogen (secondary N) is 3. The van der Waals surface area contributed by atoms with Gasteiger partial charge in [0.1, 0.15) is 23.3 Å². The van der Waals surface area contributed by atoms with Crippen molar-refractivity contribution in [3.05, 3.63) is 48.5 Å². The normalized spacial score (nSPS) is 15.5. The number of carbonyl (C=O) groups excluding carboxylic acids is 3. The molecule has 2 aromatic rings. The number of urea groups is 1. The molecule has 1 aliphatic heterocycles. The van der Waals surface area contributed by atoms with Crippen molar-refractivity contribution in [3.8, 4) is 17.2 Å². The number of rotatable bonds is 8. The summed E-state index contributed by atoms with van der Waals surface area (Å²) in [6.07, 6.45) is 0.352. The number of carbonyl (C=O) groups is 3. The van der Waals surface area contributed by atoms with Crippen LogP contribution in [0.5, 0.6) is 17.2 Å². The van der Waals surface area contributed by atoms with Crippen molar-refractivity contribution in [2.75, 3.05) is 11.9 Å². The zero-order chi connectivity index (χ0) is 19.9. The lowest BCUT2D eigenvalue weighted by atomic mass is 10.1. The summed E-state index contributed by atoms with van der Waals surface area (Å²) >= 11 is 0. The molecule has 8 nitrogen and oxygen atoms in total. The molecule has 1 unspecified atom stereocenters. The van der Waals surface area contributed by atoms with Crippen LogP contribution in [0.2, 0.25) is 0 Å². The summed E-state index contributed by atoms with van der Waals surface area (Å²) in [6, 6.07) is 13.1. The Kier molecular flexibility index (Phi) is 6.11. The molecule has 1 atom stereocenters. The first kappa shape index (κ1) is 19.2. The van der Waals surface area contributed by atoms with E-state index in [-0.39, 0.29) is 18.7 Å². The lowest BCUT2D eigenvalue weighted by Gasteiger charge is -2.10. The van der Waals surface area contributed by atoms with Crippen molar-refractivity contribution in [3.63, 3.8) is 0 Å². The summed E-state index contributed by atoms with van der Waals surface area (Å²) in [5, 5.41) is 7.34. The highest BCUT2D eigenvalue weighted by molar-refractivity contribution is 6.04. The van der Waals surface area contributed by atoms with Crippen LogP contribution in [0, 0.1) is 0 Å². The number of amides is 4. The van der Waals surface area contributed by atoms with Gasteiger partial charge >= 0.3 is 6.03 Å². The summed E-state index contributed by atoms with van der Waals surface area (Å²) < 4.78 is 11.1. The predicted octanol–water partition coefficient (Wildman–Crippen LogP) is 2.80. The minimum Gasteiger partial charge on any atom is -0.494 e. The second kappa shape index (κ2) is 8.90. The third-order valence-electron chi connectivity index (χ3n) is 4.03. The summed E-state index contributed by atoms with van der Waals surface area (Å²) in [5.41, 5.74) is 0.615. The molecule has 0 spiro atoms. The maximum atomic E-state index is 12.0. The average Bonchev–Trinajstić information content (AvgIpc) is 3.01. The Bertz CT molecular complexity index is 849. The quantitative estimate of drug-likeness (QED) is 0.608. The fourth-order valence-corrected chi connectivity index (χ4v) is 2.67. The van der Waals surface area contributed by atoms with Gasteiger partial charge in [0.15, 0.2) is 0 Å². The van der Waals surface area contributed by atoms with Crippen molar-refractivity contribution in [1.82, 2.24) is 10.6 Å². The number of imide groups is 1. The summed E-state index contributed by atoms with van der Waals surface area (Å²) in [5.74, 6) is 1.44. The van der Waals surface area contributed by atoms with Crippen LogP contribution in [0.15, 0.2) is 48.5 Å². The molecule has 1 fully saturated rings. The lowest BCUT2D eigenvalue weighted by Crippen LogP contribution is -2.30. The molecule has 0 bridgehead atoms. The molecule has 1 heterocycles. The number of anilines is 1. The smallest absolute Gasteiger partial charge is 0.322 e. The molecule has 0 radical (unpaired) electrons. The van der Waals surface area contributed by atoms with Crippen LogP contribution in [0.3, 0.4) is 0 Å². The lowest BCUT2D eigenvalue weighted by molar-refractivity contribution is -0.120. The molecule has 0 saturated carbocycles. The molecule has 1 aliphatic rings. The molecule has 0 aliphatic carbocycles. The molecule has 146 valence electrons. The van der Waals surface area contributed by atoms with Gasteiger partial charge in [-0.2, -0.15) is 0 Å². The van der Waals surface area contributed by atoms with E-state index in [9.17, 15) is 14.4 Å². The Balaban J connectivity index is 1.47. The highest BCUT2D eigenvalue weighted by atomic mass is 16.5. The van der Waals surface area contributed by atoms with Crippen molar-refractivity contribution >= 4 is 23.5 Å². The Morgan fingerprint density at radius 3 is 2.18 bits per heavy atom. The van der Waals surface area contributed by atoms with Gasteiger partial charge in [-0.05, 0) is 61.9 Å². The van der Waals surface area contributed by atoms with Gasteiger partial charge in [0.2, 0.25) is 5.91 Å². The Morgan fingerprint density at radius 1 is 1.00 bits per heavy atom. The third-order valence-corrected chi connectivity index (χ3v) is 4.03. The van der Waals surface area contributed by atoms with Gasteiger partial charge in [-0.25, -0.2) is 4.79 Å². The van der Waals surface area contributed by atoms with Crippen molar-refractivity contribution < 1.29 is 23.9 Å². The van der Waals surface area contributed by atoms with E-state index in [1.165, 1.54) is 0 Å². The molecule has 2 aromatic carbocycles. The minimum atomic E-state index is -0.664. The highest BCUT2D eigenvalue weighted by Crippen LogP contribution is 2.25. The topological polar surface area (TPSA) is 106 Å².